The number of alkyl carbamates (subject to hydrolysis) is 1. The fraction of sp³-hybridized carbons (Fsp3) is 0.554. The van der Waals surface area contributed by atoms with Gasteiger partial charge < -0.3 is 89.9 Å². The highest BCUT2D eigenvalue weighted by Gasteiger charge is 2.30. The number of nitrogens with zero attached hydrogens (tertiary/aromatic N) is 1. The zero-order valence-electron chi connectivity index (χ0n) is 47.0. The van der Waals surface area contributed by atoms with E-state index in [1.165, 1.54) is 18.7 Å². The van der Waals surface area contributed by atoms with E-state index in [2.05, 4.69) is 56.2 Å². The number of hydrogen-bond acceptors (Lipinski definition) is 18. The number of nitrogens with one attached hydrogen (secondary N) is 6. The van der Waals surface area contributed by atoms with E-state index in [0.29, 0.717) is 97.0 Å². The number of likely N-dealkylation sites (N-methyl/N-ethyl adjacent to an activating group) is 1. The number of anilines is 1. The van der Waals surface area contributed by atoms with E-state index >= 15 is 0 Å². The number of fused-ring (bicyclic) bond motifs is 3. The molecule has 1 aliphatic carbocycles. The number of methoxy groups -OCH3 is 1. The van der Waals surface area contributed by atoms with E-state index in [9.17, 15) is 33.6 Å². The summed E-state index contributed by atoms with van der Waals surface area (Å²) >= 11 is 0. The van der Waals surface area contributed by atoms with Crippen LogP contribution in [0.5, 0.6) is 0 Å². The van der Waals surface area contributed by atoms with Crippen molar-refractivity contribution >= 4 is 47.4 Å². The van der Waals surface area contributed by atoms with Crippen LogP contribution in [0.25, 0.3) is 11.1 Å². The quantitative estimate of drug-likeness (QED) is 0.0398. The molecule has 0 saturated carbocycles. The van der Waals surface area contributed by atoms with Crippen LogP contribution in [0.1, 0.15) is 49.3 Å². The van der Waals surface area contributed by atoms with Gasteiger partial charge in [0.05, 0.1) is 106 Å². The van der Waals surface area contributed by atoms with Crippen LogP contribution in [-0.2, 0) is 77.9 Å². The number of hydrogen-bond donors (Lipinski definition) is 7. The molecule has 0 aliphatic heterocycles. The standard InChI is InChI=1S/C56H82N8O17/c1-40(60-51(66)17-22-73-27-30-77-35-36-79-34-33-76-26-25-72-4)52(67)61-41(2)53(68)63-49(37-50(57)65)54(69)62-43-15-13-42(14-16-43)38-81-56(71)64(20-18-58-3)21-24-75-29-32-78-31-28-74-23-19-59-55(70)80-39-48-46-11-7-5-9-44(46)45-10-6-8-12-47(45)48/h5-16,40-41,48-49,58H,17-39H2,1-4H3,(H2,57,65)(H,59,70)(H,60,66)(H,61,67)(H,62,69)(H,63,68)/t40-,41-,49-/m0/s1. The van der Waals surface area contributed by atoms with Crippen molar-refractivity contribution in [2.24, 2.45) is 5.73 Å². The highest BCUT2D eigenvalue weighted by molar-refractivity contribution is 6.00. The fourth-order valence-corrected chi connectivity index (χ4v) is 7.84. The first kappa shape index (κ1) is 66.7. The van der Waals surface area contributed by atoms with Crippen molar-refractivity contribution in [3.05, 3.63) is 89.5 Å². The summed E-state index contributed by atoms with van der Waals surface area (Å²) in [4.78, 5) is 90.5. The molecule has 7 amide bonds. The Kier molecular flexibility index (Phi) is 32.6. The highest BCUT2D eigenvalue weighted by atomic mass is 16.6. The predicted molar refractivity (Wildman–Crippen MR) is 297 cm³/mol. The summed E-state index contributed by atoms with van der Waals surface area (Å²) in [6, 6.07) is 19.1. The van der Waals surface area contributed by atoms with Gasteiger partial charge in [0.1, 0.15) is 31.3 Å². The van der Waals surface area contributed by atoms with Crippen molar-refractivity contribution in [1.29, 1.82) is 0 Å². The number of ether oxygens (including phenoxy) is 10. The maximum Gasteiger partial charge on any atom is 0.410 e. The molecular weight excluding hydrogens is 1060 g/mol. The van der Waals surface area contributed by atoms with E-state index in [-0.39, 0.29) is 65.1 Å². The molecule has 81 heavy (non-hydrogen) atoms. The summed E-state index contributed by atoms with van der Waals surface area (Å²) in [7, 11) is 3.37. The number of rotatable bonds is 43. The molecular formula is C56H82N8O17. The molecule has 25 heteroatoms. The lowest BCUT2D eigenvalue weighted by atomic mass is 9.98. The van der Waals surface area contributed by atoms with Crippen LogP contribution in [0.3, 0.4) is 0 Å². The van der Waals surface area contributed by atoms with Crippen LogP contribution < -0.4 is 37.6 Å². The maximum atomic E-state index is 13.3. The van der Waals surface area contributed by atoms with E-state index < -0.39 is 66.3 Å². The molecule has 0 radical (unpaired) electrons. The molecule has 3 aromatic carbocycles. The van der Waals surface area contributed by atoms with Crippen LogP contribution in [0.15, 0.2) is 72.8 Å². The van der Waals surface area contributed by atoms with Gasteiger partial charge in [-0.05, 0) is 60.8 Å². The lowest BCUT2D eigenvalue weighted by Crippen LogP contribution is -2.55. The summed E-state index contributed by atoms with van der Waals surface area (Å²) in [5, 5.41) is 15.8. The molecule has 0 heterocycles. The van der Waals surface area contributed by atoms with Crippen molar-refractivity contribution in [3.63, 3.8) is 0 Å². The first-order valence-electron chi connectivity index (χ1n) is 27.1. The van der Waals surface area contributed by atoms with Crippen LogP contribution in [0.2, 0.25) is 0 Å². The lowest BCUT2D eigenvalue weighted by molar-refractivity contribution is -0.133. The minimum atomic E-state index is -1.39. The maximum absolute atomic E-state index is 13.3. The Morgan fingerprint density at radius 2 is 1.09 bits per heavy atom. The molecule has 0 fully saturated rings. The molecule has 3 atom stereocenters. The minimum Gasteiger partial charge on any atom is -0.449 e. The second-order valence-corrected chi connectivity index (χ2v) is 18.4. The van der Waals surface area contributed by atoms with Gasteiger partial charge in [0, 0.05) is 51.3 Å². The smallest absolute Gasteiger partial charge is 0.410 e. The number of carbonyl (C=O) groups is 7. The van der Waals surface area contributed by atoms with Crippen LogP contribution in [-0.4, -0.2) is 211 Å². The van der Waals surface area contributed by atoms with Crippen molar-refractivity contribution in [1.82, 2.24) is 31.5 Å². The predicted octanol–water partition coefficient (Wildman–Crippen LogP) is 1.84. The van der Waals surface area contributed by atoms with Gasteiger partial charge in [-0.3, -0.25) is 24.0 Å². The van der Waals surface area contributed by atoms with Crippen molar-refractivity contribution in [2.75, 3.05) is 151 Å². The van der Waals surface area contributed by atoms with E-state index in [1.54, 1.807) is 38.4 Å². The fourth-order valence-electron chi connectivity index (χ4n) is 7.84. The molecule has 0 bridgehead atoms. The van der Waals surface area contributed by atoms with Gasteiger partial charge in [-0.2, -0.15) is 0 Å². The molecule has 0 aromatic heterocycles. The lowest BCUT2D eigenvalue weighted by Gasteiger charge is -2.22. The van der Waals surface area contributed by atoms with E-state index in [4.69, 9.17) is 53.1 Å². The monoisotopic (exact) mass is 1140 g/mol. The van der Waals surface area contributed by atoms with E-state index in [0.717, 1.165) is 22.3 Å². The van der Waals surface area contributed by atoms with E-state index in [1.807, 2.05) is 24.3 Å². The summed E-state index contributed by atoms with van der Waals surface area (Å²) in [6.45, 7) is 9.52. The summed E-state index contributed by atoms with van der Waals surface area (Å²) < 4.78 is 54.4. The Morgan fingerprint density at radius 1 is 0.568 bits per heavy atom. The third kappa shape index (κ3) is 26.6. The second-order valence-electron chi connectivity index (χ2n) is 18.4. The van der Waals surface area contributed by atoms with Crippen LogP contribution >= 0.6 is 0 Å². The molecule has 0 unspecified atom stereocenters. The van der Waals surface area contributed by atoms with Crippen LogP contribution in [0, 0.1) is 0 Å². The normalized spacial score (nSPS) is 12.7. The molecule has 448 valence electrons. The molecule has 3 aromatic rings. The van der Waals surface area contributed by atoms with Gasteiger partial charge in [0.2, 0.25) is 29.5 Å². The molecule has 8 N–H and O–H groups in total. The number of nitrogens with two attached hydrogens (primary N) is 1. The summed E-state index contributed by atoms with van der Waals surface area (Å²) in [5.74, 6) is -3.54. The van der Waals surface area contributed by atoms with Crippen molar-refractivity contribution < 1.29 is 80.9 Å². The van der Waals surface area contributed by atoms with Crippen molar-refractivity contribution in [3.8, 4) is 11.1 Å². The summed E-state index contributed by atoms with van der Waals surface area (Å²) in [6.07, 6.45) is -1.63. The average molecular weight is 1140 g/mol. The van der Waals surface area contributed by atoms with Crippen molar-refractivity contribution in [2.45, 2.75) is 57.3 Å². The van der Waals surface area contributed by atoms with Gasteiger partial charge in [-0.1, -0.05) is 60.7 Å². The summed E-state index contributed by atoms with van der Waals surface area (Å²) in [5.41, 5.74) is 10.9. The topological polar surface area (TPSA) is 313 Å². The Balaban J connectivity index is 1.04. The van der Waals surface area contributed by atoms with Gasteiger partial charge >= 0.3 is 12.2 Å². The Hall–Kier alpha value is -6.81. The third-order valence-electron chi connectivity index (χ3n) is 12.2. The average Bonchev–Trinajstić information content (AvgIpc) is 3.88. The largest absolute Gasteiger partial charge is 0.449 e. The Morgan fingerprint density at radius 3 is 1.65 bits per heavy atom. The third-order valence-corrected chi connectivity index (χ3v) is 12.2. The second kappa shape index (κ2) is 39.6. The zero-order valence-corrected chi connectivity index (χ0v) is 47.0. The van der Waals surface area contributed by atoms with Gasteiger partial charge in [0.25, 0.3) is 0 Å². The number of benzene rings is 3. The number of carbonyl (C=O) groups excluding carboxylic acids is 7. The molecule has 0 spiro atoms. The Bertz CT molecular complexity index is 2320. The number of primary amides is 1. The zero-order chi connectivity index (χ0) is 58.5. The first-order chi connectivity index (χ1) is 39.3. The molecule has 0 saturated heterocycles. The van der Waals surface area contributed by atoms with Gasteiger partial charge in [-0.25, -0.2) is 9.59 Å². The van der Waals surface area contributed by atoms with Gasteiger partial charge in [0.15, 0.2) is 0 Å². The Labute approximate surface area is 473 Å². The number of amides is 7. The molecule has 4 rings (SSSR count). The SMILES string of the molecule is CNCCN(CCOCCOCCOCCNC(=O)OCC1c2ccccc2-c2ccccc21)C(=O)OCc1ccc(NC(=O)[C@H](CC(N)=O)NC(=O)[C@H](C)NC(=O)[C@H](C)NC(=O)CCOCCOCCOCCOCCOC)cc1. The minimum absolute atomic E-state index is 0.0165. The molecule has 1 aliphatic rings. The van der Waals surface area contributed by atoms with Crippen LogP contribution in [0.4, 0.5) is 15.3 Å². The highest BCUT2D eigenvalue weighted by Crippen LogP contribution is 2.44. The van der Waals surface area contributed by atoms with Gasteiger partial charge in [-0.15, -0.1) is 0 Å². The first-order valence-corrected chi connectivity index (χ1v) is 27.1. The molecule has 25 nitrogen and oxygen atoms in total.